The van der Waals surface area contributed by atoms with E-state index >= 15 is 0 Å². The van der Waals surface area contributed by atoms with Gasteiger partial charge in [0.1, 0.15) is 6.33 Å². The molecule has 2 heterocycles. The first-order valence-corrected chi connectivity index (χ1v) is 10.4. The van der Waals surface area contributed by atoms with Gasteiger partial charge < -0.3 is 14.8 Å². The molecule has 8 heteroatoms. The summed E-state index contributed by atoms with van der Waals surface area (Å²) in [5, 5.41) is 11.6. The van der Waals surface area contributed by atoms with Gasteiger partial charge in [-0.2, -0.15) is 0 Å². The SMILES string of the molecule is Cn1cnnc1Sc1ccc(NC(=O)/C=C/c2ccc(N3CCCC3=O)cc2)cc1. The quantitative estimate of drug-likeness (QED) is 0.616. The monoisotopic (exact) mass is 419 g/mol. The van der Waals surface area contributed by atoms with E-state index in [1.165, 1.54) is 17.8 Å². The third-order valence-electron chi connectivity index (χ3n) is 4.71. The fourth-order valence-electron chi connectivity index (χ4n) is 3.12. The van der Waals surface area contributed by atoms with Crippen molar-refractivity contribution in [3.63, 3.8) is 0 Å². The molecule has 0 bridgehead atoms. The fourth-order valence-corrected chi connectivity index (χ4v) is 3.88. The van der Waals surface area contributed by atoms with Crippen molar-refractivity contribution in [2.75, 3.05) is 16.8 Å². The number of anilines is 2. The van der Waals surface area contributed by atoms with Gasteiger partial charge in [0.05, 0.1) is 0 Å². The first-order chi connectivity index (χ1) is 14.6. The second-order valence-electron chi connectivity index (χ2n) is 6.91. The summed E-state index contributed by atoms with van der Waals surface area (Å²) in [5.41, 5.74) is 2.52. The number of aromatic nitrogens is 3. The molecule has 7 nitrogen and oxygen atoms in total. The van der Waals surface area contributed by atoms with Gasteiger partial charge in [-0.25, -0.2) is 0 Å². The maximum absolute atomic E-state index is 12.2. The number of rotatable bonds is 6. The van der Waals surface area contributed by atoms with Crippen LogP contribution in [-0.4, -0.2) is 33.1 Å². The molecule has 1 fully saturated rings. The van der Waals surface area contributed by atoms with Crippen molar-refractivity contribution in [3.8, 4) is 0 Å². The maximum Gasteiger partial charge on any atom is 0.248 e. The van der Waals surface area contributed by atoms with E-state index in [0.717, 1.165) is 40.0 Å². The standard InChI is InChI=1S/C22H21N5O2S/c1-26-15-23-25-22(26)30-19-11-7-17(8-12-19)24-20(28)13-6-16-4-9-18(10-5-16)27-14-2-3-21(27)29/h4-13,15H,2-3,14H2,1H3,(H,24,28)/b13-6+. The van der Waals surface area contributed by atoms with E-state index in [2.05, 4.69) is 15.5 Å². The summed E-state index contributed by atoms with van der Waals surface area (Å²) in [5.74, 6) is -0.0406. The average molecular weight is 420 g/mol. The Morgan fingerprint density at radius 1 is 1.13 bits per heavy atom. The Bertz CT molecular complexity index is 1070. The molecule has 1 aliphatic heterocycles. The number of nitrogens with zero attached hydrogens (tertiary/aromatic N) is 4. The highest BCUT2D eigenvalue weighted by Crippen LogP contribution is 2.26. The summed E-state index contributed by atoms with van der Waals surface area (Å²) in [4.78, 5) is 26.8. The Balaban J connectivity index is 1.32. The molecule has 0 unspecified atom stereocenters. The number of benzene rings is 2. The minimum Gasteiger partial charge on any atom is -0.323 e. The van der Waals surface area contributed by atoms with Crippen molar-refractivity contribution in [2.24, 2.45) is 7.05 Å². The third kappa shape index (κ3) is 4.77. The highest BCUT2D eigenvalue weighted by molar-refractivity contribution is 7.99. The van der Waals surface area contributed by atoms with Crippen molar-refractivity contribution in [1.29, 1.82) is 0 Å². The van der Waals surface area contributed by atoms with Gasteiger partial charge in [0.25, 0.3) is 0 Å². The summed E-state index contributed by atoms with van der Waals surface area (Å²) in [6.07, 6.45) is 6.42. The first-order valence-electron chi connectivity index (χ1n) is 9.60. The summed E-state index contributed by atoms with van der Waals surface area (Å²) < 4.78 is 1.85. The molecule has 0 spiro atoms. The lowest BCUT2D eigenvalue weighted by Gasteiger charge is -2.15. The van der Waals surface area contributed by atoms with Crippen LogP contribution >= 0.6 is 11.8 Å². The van der Waals surface area contributed by atoms with Crippen molar-refractivity contribution in [2.45, 2.75) is 22.9 Å². The minimum absolute atomic E-state index is 0.165. The van der Waals surface area contributed by atoms with Crippen LogP contribution < -0.4 is 10.2 Å². The average Bonchev–Trinajstić information content (AvgIpc) is 3.36. The van der Waals surface area contributed by atoms with Crippen LogP contribution in [0.2, 0.25) is 0 Å². The molecule has 1 N–H and O–H groups in total. The number of nitrogens with one attached hydrogen (secondary N) is 1. The van der Waals surface area contributed by atoms with Crippen LogP contribution in [0.3, 0.4) is 0 Å². The molecular weight excluding hydrogens is 398 g/mol. The van der Waals surface area contributed by atoms with Gasteiger partial charge in [-0.15, -0.1) is 10.2 Å². The number of amides is 2. The van der Waals surface area contributed by atoms with Crippen molar-refractivity contribution in [3.05, 3.63) is 66.5 Å². The normalized spacial score (nSPS) is 13.9. The van der Waals surface area contributed by atoms with Gasteiger partial charge in [0.15, 0.2) is 5.16 Å². The molecule has 0 aliphatic carbocycles. The third-order valence-corrected chi connectivity index (χ3v) is 5.77. The van der Waals surface area contributed by atoms with Crippen LogP contribution in [0.25, 0.3) is 6.08 Å². The van der Waals surface area contributed by atoms with E-state index in [1.54, 1.807) is 17.3 Å². The minimum atomic E-state index is -0.206. The number of carbonyl (C=O) groups is 2. The van der Waals surface area contributed by atoms with Gasteiger partial charge in [-0.05, 0) is 66.2 Å². The Kier molecular flexibility index (Phi) is 5.94. The van der Waals surface area contributed by atoms with E-state index in [1.807, 2.05) is 60.1 Å². The van der Waals surface area contributed by atoms with Gasteiger partial charge in [0.2, 0.25) is 11.8 Å². The number of aryl methyl sites for hydroxylation is 1. The van der Waals surface area contributed by atoms with Crippen LogP contribution in [0, 0.1) is 0 Å². The molecule has 3 aromatic rings. The largest absolute Gasteiger partial charge is 0.323 e. The molecule has 1 aliphatic rings. The molecule has 4 rings (SSSR count). The van der Waals surface area contributed by atoms with Crippen LogP contribution in [0.4, 0.5) is 11.4 Å². The van der Waals surface area contributed by atoms with Gasteiger partial charge in [-0.3, -0.25) is 9.59 Å². The molecule has 2 amide bonds. The summed E-state index contributed by atoms with van der Waals surface area (Å²) in [6, 6.07) is 15.2. The second kappa shape index (κ2) is 8.96. The molecule has 0 radical (unpaired) electrons. The van der Waals surface area contributed by atoms with Crippen LogP contribution in [0.15, 0.2) is 71.0 Å². The fraction of sp³-hybridized carbons (Fsp3) is 0.182. The predicted octanol–water partition coefficient (Wildman–Crippen LogP) is 3.75. The number of carbonyl (C=O) groups excluding carboxylic acids is 2. The zero-order valence-corrected chi connectivity index (χ0v) is 17.3. The van der Waals surface area contributed by atoms with Crippen molar-refractivity contribution in [1.82, 2.24) is 14.8 Å². The lowest BCUT2D eigenvalue weighted by Crippen LogP contribution is -2.23. The Labute approximate surface area is 178 Å². The van der Waals surface area contributed by atoms with Crippen molar-refractivity contribution >= 4 is 41.0 Å². The Morgan fingerprint density at radius 2 is 1.90 bits per heavy atom. The lowest BCUT2D eigenvalue weighted by atomic mass is 10.2. The van der Waals surface area contributed by atoms with Gasteiger partial charge in [0, 0.05) is 42.4 Å². The molecule has 30 heavy (non-hydrogen) atoms. The topological polar surface area (TPSA) is 80.1 Å². The zero-order chi connectivity index (χ0) is 20.9. The van der Waals surface area contributed by atoms with E-state index < -0.39 is 0 Å². The lowest BCUT2D eigenvalue weighted by molar-refractivity contribution is -0.117. The van der Waals surface area contributed by atoms with Gasteiger partial charge >= 0.3 is 0 Å². The van der Waals surface area contributed by atoms with Crippen LogP contribution in [-0.2, 0) is 16.6 Å². The Morgan fingerprint density at radius 3 is 2.53 bits per heavy atom. The smallest absolute Gasteiger partial charge is 0.248 e. The molecule has 1 saturated heterocycles. The van der Waals surface area contributed by atoms with E-state index in [0.29, 0.717) is 6.42 Å². The number of hydrogen-bond acceptors (Lipinski definition) is 5. The highest BCUT2D eigenvalue weighted by Gasteiger charge is 2.21. The van der Waals surface area contributed by atoms with E-state index in [9.17, 15) is 9.59 Å². The number of hydrogen-bond donors (Lipinski definition) is 1. The van der Waals surface area contributed by atoms with Crippen molar-refractivity contribution < 1.29 is 9.59 Å². The van der Waals surface area contributed by atoms with Crippen LogP contribution in [0.5, 0.6) is 0 Å². The molecular formula is C22H21N5O2S. The molecule has 152 valence electrons. The van der Waals surface area contributed by atoms with E-state index in [4.69, 9.17) is 0 Å². The van der Waals surface area contributed by atoms with Gasteiger partial charge in [-0.1, -0.05) is 12.1 Å². The zero-order valence-electron chi connectivity index (χ0n) is 16.5. The molecule has 0 atom stereocenters. The second-order valence-corrected chi connectivity index (χ2v) is 7.95. The predicted molar refractivity (Wildman–Crippen MR) is 117 cm³/mol. The molecule has 0 saturated carbocycles. The van der Waals surface area contributed by atoms with E-state index in [-0.39, 0.29) is 11.8 Å². The summed E-state index contributed by atoms with van der Waals surface area (Å²) in [6.45, 7) is 0.770. The molecule has 1 aromatic heterocycles. The Hall–Kier alpha value is -3.39. The first kappa shape index (κ1) is 19.9. The summed E-state index contributed by atoms with van der Waals surface area (Å²) >= 11 is 1.50. The maximum atomic E-state index is 12.2. The molecule has 2 aromatic carbocycles. The highest BCUT2D eigenvalue weighted by atomic mass is 32.2. The summed E-state index contributed by atoms with van der Waals surface area (Å²) in [7, 11) is 1.89. The van der Waals surface area contributed by atoms with Crippen LogP contribution in [0.1, 0.15) is 18.4 Å².